The number of aryl methyl sites for hydroxylation is 2. The molecule has 1 heterocycles. The Morgan fingerprint density at radius 2 is 1.75 bits per heavy atom. The van der Waals surface area contributed by atoms with E-state index in [1.807, 2.05) is 31.2 Å². The lowest BCUT2D eigenvalue weighted by Gasteiger charge is -2.14. The molecule has 0 fully saturated rings. The Kier molecular flexibility index (Phi) is 6.11. The maximum absolute atomic E-state index is 12.4. The number of nitrogens with one attached hydrogen (secondary N) is 3. The molecule has 0 aliphatic heterocycles. The van der Waals surface area contributed by atoms with Crippen molar-refractivity contribution in [2.45, 2.75) is 20.3 Å². The van der Waals surface area contributed by atoms with Crippen molar-refractivity contribution in [1.29, 1.82) is 0 Å². The van der Waals surface area contributed by atoms with Crippen LogP contribution in [-0.4, -0.2) is 18.4 Å². The molecular formula is C22H23N3O3. The third kappa shape index (κ3) is 4.79. The summed E-state index contributed by atoms with van der Waals surface area (Å²) >= 11 is 0. The summed E-state index contributed by atoms with van der Waals surface area (Å²) in [6.07, 6.45) is 2.30. The molecule has 3 aromatic rings. The van der Waals surface area contributed by atoms with Gasteiger partial charge >= 0.3 is 0 Å². The predicted molar refractivity (Wildman–Crippen MR) is 111 cm³/mol. The van der Waals surface area contributed by atoms with Crippen LogP contribution in [0.15, 0.2) is 65.3 Å². The summed E-state index contributed by atoms with van der Waals surface area (Å²) in [5, 5.41) is 8.83. The van der Waals surface area contributed by atoms with Gasteiger partial charge in [-0.3, -0.25) is 9.59 Å². The molecule has 144 valence electrons. The minimum atomic E-state index is -0.327. The molecule has 0 saturated carbocycles. The van der Waals surface area contributed by atoms with E-state index in [-0.39, 0.29) is 24.1 Å². The van der Waals surface area contributed by atoms with Crippen molar-refractivity contribution in [3.8, 4) is 0 Å². The Morgan fingerprint density at radius 1 is 0.964 bits per heavy atom. The highest BCUT2D eigenvalue weighted by Crippen LogP contribution is 2.21. The van der Waals surface area contributed by atoms with E-state index in [0.29, 0.717) is 5.69 Å². The summed E-state index contributed by atoms with van der Waals surface area (Å²) in [6.45, 7) is 4.16. The number of rotatable bonds is 7. The molecule has 0 spiro atoms. The van der Waals surface area contributed by atoms with Gasteiger partial charge in [-0.05, 0) is 54.8 Å². The molecule has 0 bridgehead atoms. The lowest BCUT2D eigenvalue weighted by atomic mass is 10.1. The maximum atomic E-state index is 12.4. The zero-order valence-electron chi connectivity index (χ0n) is 15.9. The summed E-state index contributed by atoms with van der Waals surface area (Å²) in [6, 6.07) is 16.4. The summed E-state index contributed by atoms with van der Waals surface area (Å²) in [4.78, 5) is 24.4. The van der Waals surface area contributed by atoms with Gasteiger partial charge in [0.05, 0.1) is 12.8 Å². The van der Waals surface area contributed by atoms with E-state index in [1.54, 1.807) is 30.3 Å². The second kappa shape index (κ2) is 8.90. The van der Waals surface area contributed by atoms with Crippen molar-refractivity contribution >= 4 is 28.9 Å². The second-order valence-corrected chi connectivity index (χ2v) is 6.38. The van der Waals surface area contributed by atoms with Crippen LogP contribution < -0.4 is 16.0 Å². The van der Waals surface area contributed by atoms with Gasteiger partial charge in [0.2, 0.25) is 5.91 Å². The highest BCUT2D eigenvalue weighted by molar-refractivity contribution is 6.02. The van der Waals surface area contributed by atoms with E-state index in [1.165, 1.54) is 6.26 Å². The summed E-state index contributed by atoms with van der Waals surface area (Å²) in [5.41, 5.74) is 4.36. The minimum Gasteiger partial charge on any atom is -0.459 e. The highest BCUT2D eigenvalue weighted by atomic mass is 16.3. The van der Waals surface area contributed by atoms with E-state index in [9.17, 15) is 9.59 Å². The number of anilines is 3. The SMILES string of the molecule is CCc1cccc(C)c1NC(=O)CNc1cccc(NC(=O)c2ccco2)c1. The van der Waals surface area contributed by atoms with Crippen molar-refractivity contribution in [1.82, 2.24) is 0 Å². The van der Waals surface area contributed by atoms with Gasteiger partial charge in [0.1, 0.15) is 0 Å². The van der Waals surface area contributed by atoms with E-state index < -0.39 is 0 Å². The van der Waals surface area contributed by atoms with Crippen molar-refractivity contribution in [2.75, 3.05) is 22.5 Å². The lowest BCUT2D eigenvalue weighted by molar-refractivity contribution is -0.114. The molecule has 2 aromatic carbocycles. The Labute approximate surface area is 164 Å². The molecule has 0 saturated heterocycles. The largest absolute Gasteiger partial charge is 0.459 e. The highest BCUT2D eigenvalue weighted by Gasteiger charge is 2.10. The molecular weight excluding hydrogens is 354 g/mol. The van der Waals surface area contributed by atoms with Crippen LogP contribution in [0.2, 0.25) is 0 Å². The van der Waals surface area contributed by atoms with E-state index >= 15 is 0 Å². The Balaban J connectivity index is 1.59. The van der Waals surface area contributed by atoms with Crippen LogP contribution in [0.1, 0.15) is 28.6 Å². The maximum Gasteiger partial charge on any atom is 0.291 e. The number of carbonyl (C=O) groups is 2. The molecule has 3 rings (SSSR count). The molecule has 3 N–H and O–H groups in total. The molecule has 0 radical (unpaired) electrons. The fourth-order valence-electron chi connectivity index (χ4n) is 2.88. The minimum absolute atomic E-state index is 0.118. The van der Waals surface area contributed by atoms with E-state index in [0.717, 1.165) is 28.9 Å². The smallest absolute Gasteiger partial charge is 0.291 e. The van der Waals surface area contributed by atoms with Crippen LogP contribution in [0.4, 0.5) is 17.1 Å². The van der Waals surface area contributed by atoms with Gasteiger partial charge in [0.15, 0.2) is 5.76 Å². The molecule has 2 amide bonds. The summed E-state index contributed by atoms with van der Waals surface area (Å²) in [7, 11) is 0. The first-order valence-electron chi connectivity index (χ1n) is 9.14. The third-order valence-corrected chi connectivity index (χ3v) is 4.32. The first-order chi connectivity index (χ1) is 13.6. The van der Waals surface area contributed by atoms with Crippen molar-refractivity contribution in [3.05, 3.63) is 77.7 Å². The molecule has 0 unspecified atom stereocenters. The third-order valence-electron chi connectivity index (χ3n) is 4.32. The molecule has 1 aromatic heterocycles. The predicted octanol–water partition coefficient (Wildman–Crippen LogP) is 4.45. The van der Waals surface area contributed by atoms with Crippen LogP contribution >= 0.6 is 0 Å². The number of para-hydroxylation sites is 1. The van der Waals surface area contributed by atoms with Crippen LogP contribution in [-0.2, 0) is 11.2 Å². The zero-order valence-corrected chi connectivity index (χ0v) is 15.9. The Bertz CT molecular complexity index is 965. The number of benzene rings is 2. The van der Waals surface area contributed by atoms with Crippen LogP contribution in [0.25, 0.3) is 0 Å². The van der Waals surface area contributed by atoms with Gasteiger partial charge in [0.25, 0.3) is 5.91 Å². The topological polar surface area (TPSA) is 83.4 Å². The van der Waals surface area contributed by atoms with Crippen LogP contribution in [0.3, 0.4) is 0 Å². The lowest BCUT2D eigenvalue weighted by Crippen LogP contribution is -2.23. The van der Waals surface area contributed by atoms with Crippen molar-refractivity contribution in [2.24, 2.45) is 0 Å². The Hall–Kier alpha value is -3.54. The first-order valence-corrected chi connectivity index (χ1v) is 9.14. The average molecular weight is 377 g/mol. The number of hydrogen-bond donors (Lipinski definition) is 3. The molecule has 0 atom stereocenters. The van der Waals surface area contributed by atoms with Crippen LogP contribution in [0.5, 0.6) is 0 Å². The fraction of sp³-hybridized carbons (Fsp3) is 0.182. The van der Waals surface area contributed by atoms with Crippen molar-refractivity contribution in [3.63, 3.8) is 0 Å². The number of furan rings is 1. The second-order valence-electron chi connectivity index (χ2n) is 6.38. The standard InChI is InChI=1S/C22H23N3O3/c1-3-16-8-4-7-15(2)21(16)25-20(26)14-23-17-9-5-10-18(13-17)24-22(27)19-11-6-12-28-19/h4-13,23H,3,14H2,1-2H3,(H,24,27)(H,25,26). The van der Waals surface area contributed by atoms with Gasteiger partial charge in [0, 0.05) is 17.1 Å². The zero-order chi connectivity index (χ0) is 19.9. The molecule has 6 heteroatoms. The van der Waals surface area contributed by atoms with E-state index in [4.69, 9.17) is 4.42 Å². The number of hydrogen-bond acceptors (Lipinski definition) is 4. The summed E-state index contributed by atoms with van der Waals surface area (Å²) < 4.78 is 5.08. The van der Waals surface area contributed by atoms with Gasteiger partial charge in [-0.2, -0.15) is 0 Å². The first kappa shape index (κ1) is 19.2. The number of amides is 2. The molecule has 28 heavy (non-hydrogen) atoms. The van der Waals surface area contributed by atoms with E-state index in [2.05, 4.69) is 22.9 Å². The van der Waals surface area contributed by atoms with Gasteiger partial charge in [-0.15, -0.1) is 0 Å². The average Bonchev–Trinajstić information content (AvgIpc) is 3.23. The van der Waals surface area contributed by atoms with Crippen LogP contribution in [0, 0.1) is 6.92 Å². The van der Waals surface area contributed by atoms with Gasteiger partial charge < -0.3 is 20.4 Å². The van der Waals surface area contributed by atoms with Crippen molar-refractivity contribution < 1.29 is 14.0 Å². The molecule has 6 nitrogen and oxygen atoms in total. The van der Waals surface area contributed by atoms with Gasteiger partial charge in [-0.1, -0.05) is 31.2 Å². The monoisotopic (exact) mass is 377 g/mol. The fourth-order valence-corrected chi connectivity index (χ4v) is 2.88. The molecule has 0 aliphatic rings. The Morgan fingerprint density at radius 3 is 2.50 bits per heavy atom. The molecule has 0 aliphatic carbocycles. The quantitative estimate of drug-likeness (QED) is 0.568. The summed E-state index contributed by atoms with van der Waals surface area (Å²) in [5.74, 6) is -0.219. The van der Waals surface area contributed by atoms with Gasteiger partial charge in [-0.25, -0.2) is 0 Å². The number of carbonyl (C=O) groups excluding carboxylic acids is 2. The normalized spacial score (nSPS) is 10.4.